The standard InChI is InChI=1S/C16H16ClN3S/c1-9-4-5-10(2)12(8-9)11(3)18-15-13(17)6-7-14-16(15)20-21-19-14/h4-8,11,18H,1-3H3. The van der Waals surface area contributed by atoms with Crippen LogP contribution in [-0.2, 0) is 0 Å². The molecule has 2 aromatic carbocycles. The molecule has 1 unspecified atom stereocenters. The highest BCUT2D eigenvalue weighted by Crippen LogP contribution is 2.33. The summed E-state index contributed by atoms with van der Waals surface area (Å²) < 4.78 is 8.61. The van der Waals surface area contributed by atoms with Crippen LogP contribution in [0.3, 0.4) is 0 Å². The number of hydrogen-bond acceptors (Lipinski definition) is 4. The van der Waals surface area contributed by atoms with E-state index >= 15 is 0 Å². The molecule has 1 atom stereocenters. The largest absolute Gasteiger partial charge is 0.375 e. The van der Waals surface area contributed by atoms with Crippen molar-refractivity contribution in [2.45, 2.75) is 26.8 Å². The van der Waals surface area contributed by atoms with E-state index < -0.39 is 0 Å². The fourth-order valence-corrected chi connectivity index (χ4v) is 3.23. The maximum atomic E-state index is 6.34. The first-order chi connectivity index (χ1) is 10.1. The lowest BCUT2D eigenvalue weighted by Crippen LogP contribution is -2.09. The molecular weight excluding hydrogens is 302 g/mol. The molecule has 0 amide bonds. The van der Waals surface area contributed by atoms with Gasteiger partial charge in [-0.3, -0.25) is 0 Å². The summed E-state index contributed by atoms with van der Waals surface area (Å²) in [5.41, 5.74) is 6.36. The third-order valence-electron chi connectivity index (χ3n) is 3.64. The predicted molar refractivity (Wildman–Crippen MR) is 90.4 cm³/mol. The van der Waals surface area contributed by atoms with E-state index in [1.807, 2.05) is 12.1 Å². The van der Waals surface area contributed by atoms with Crippen molar-refractivity contribution in [3.05, 3.63) is 52.0 Å². The van der Waals surface area contributed by atoms with E-state index in [2.05, 4.69) is 53.0 Å². The summed E-state index contributed by atoms with van der Waals surface area (Å²) in [4.78, 5) is 0. The van der Waals surface area contributed by atoms with Crippen LogP contribution in [0.1, 0.15) is 29.7 Å². The average molecular weight is 318 g/mol. The van der Waals surface area contributed by atoms with Crippen LogP contribution >= 0.6 is 23.3 Å². The van der Waals surface area contributed by atoms with Crippen LogP contribution in [0.25, 0.3) is 11.0 Å². The number of aromatic nitrogens is 2. The zero-order valence-electron chi connectivity index (χ0n) is 12.1. The van der Waals surface area contributed by atoms with Crippen LogP contribution in [0.15, 0.2) is 30.3 Å². The Bertz CT molecular complexity index is 797. The summed E-state index contributed by atoms with van der Waals surface area (Å²) in [7, 11) is 0. The van der Waals surface area contributed by atoms with Crippen molar-refractivity contribution < 1.29 is 0 Å². The van der Waals surface area contributed by atoms with Crippen molar-refractivity contribution in [1.29, 1.82) is 0 Å². The lowest BCUT2D eigenvalue weighted by Gasteiger charge is -2.19. The van der Waals surface area contributed by atoms with Crippen LogP contribution in [0.2, 0.25) is 5.02 Å². The van der Waals surface area contributed by atoms with E-state index in [0.29, 0.717) is 5.02 Å². The van der Waals surface area contributed by atoms with Gasteiger partial charge in [0, 0.05) is 6.04 Å². The van der Waals surface area contributed by atoms with E-state index in [1.54, 1.807) is 0 Å². The maximum Gasteiger partial charge on any atom is 0.129 e. The first-order valence-corrected chi connectivity index (χ1v) is 7.91. The molecular formula is C16H16ClN3S. The summed E-state index contributed by atoms with van der Waals surface area (Å²) in [5.74, 6) is 0. The highest BCUT2D eigenvalue weighted by molar-refractivity contribution is 7.00. The number of fused-ring (bicyclic) bond motifs is 1. The molecule has 108 valence electrons. The van der Waals surface area contributed by atoms with Gasteiger partial charge in [-0.15, -0.1) is 0 Å². The molecule has 0 saturated heterocycles. The summed E-state index contributed by atoms with van der Waals surface area (Å²) in [5, 5.41) is 4.17. The Morgan fingerprint density at radius 1 is 1.14 bits per heavy atom. The minimum absolute atomic E-state index is 0.148. The van der Waals surface area contributed by atoms with E-state index in [0.717, 1.165) is 16.7 Å². The van der Waals surface area contributed by atoms with Crippen LogP contribution in [-0.4, -0.2) is 8.75 Å². The smallest absolute Gasteiger partial charge is 0.129 e. The van der Waals surface area contributed by atoms with Gasteiger partial charge in [-0.1, -0.05) is 35.4 Å². The number of aryl methyl sites for hydroxylation is 2. The van der Waals surface area contributed by atoms with E-state index in [4.69, 9.17) is 11.6 Å². The second-order valence-corrected chi connectivity index (χ2v) is 6.22. The van der Waals surface area contributed by atoms with Gasteiger partial charge in [-0.2, -0.15) is 8.75 Å². The average Bonchev–Trinajstić information content (AvgIpc) is 2.93. The number of rotatable bonds is 3. The van der Waals surface area contributed by atoms with Gasteiger partial charge in [0.15, 0.2) is 0 Å². The molecule has 0 bridgehead atoms. The van der Waals surface area contributed by atoms with Gasteiger partial charge in [0.1, 0.15) is 11.0 Å². The minimum atomic E-state index is 0.148. The van der Waals surface area contributed by atoms with Crippen molar-refractivity contribution >= 4 is 40.0 Å². The maximum absolute atomic E-state index is 6.34. The first kappa shape index (κ1) is 14.3. The molecule has 0 saturated carbocycles. The molecule has 0 spiro atoms. The lowest BCUT2D eigenvalue weighted by molar-refractivity contribution is 0.873. The molecule has 21 heavy (non-hydrogen) atoms. The molecule has 0 aliphatic carbocycles. The zero-order chi connectivity index (χ0) is 15.0. The van der Waals surface area contributed by atoms with Gasteiger partial charge < -0.3 is 5.32 Å². The van der Waals surface area contributed by atoms with Crippen molar-refractivity contribution in [3.63, 3.8) is 0 Å². The summed E-state index contributed by atoms with van der Waals surface area (Å²) in [6.07, 6.45) is 0. The zero-order valence-corrected chi connectivity index (χ0v) is 13.7. The van der Waals surface area contributed by atoms with Gasteiger partial charge in [-0.25, -0.2) is 0 Å². The van der Waals surface area contributed by atoms with Crippen molar-refractivity contribution in [1.82, 2.24) is 8.75 Å². The number of anilines is 1. The van der Waals surface area contributed by atoms with Gasteiger partial charge in [0.05, 0.1) is 22.4 Å². The Kier molecular flexibility index (Phi) is 3.83. The highest BCUT2D eigenvalue weighted by Gasteiger charge is 2.14. The molecule has 5 heteroatoms. The summed E-state index contributed by atoms with van der Waals surface area (Å²) in [6.45, 7) is 6.37. The number of nitrogens with zero attached hydrogens (tertiary/aromatic N) is 2. The van der Waals surface area contributed by atoms with E-state index in [-0.39, 0.29) is 6.04 Å². The molecule has 3 aromatic rings. The first-order valence-electron chi connectivity index (χ1n) is 6.80. The summed E-state index contributed by atoms with van der Waals surface area (Å²) in [6, 6.07) is 10.4. The highest BCUT2D eigenvalue weighted by atomic mass is 35.5. The van der Waals surface area contributed by atoms with Gasteiger partial charge in [-0.05, 0) is 44.0 Å². The molecule has 0 aliphatic rings. The Morgan fingerprint density at radius 2 is 1.95 bits per heavy atom. The second kappa shape index (κ2) is 5.62. The normalized spacial score (nSPS) is 12.6. The van der Waals surface area contributed by atoms with Crippen molar-refractivity contribution in [3.8, 4) is 0 Å². The van der Waals surface area contributed by atoms with Gasteiger partial charge >= 0.3 is 0 Å². The van der Waals surface area contributed by atoms with Crippen LogP contribution < -0.4 is 5.32 Å². The van der Waals surface area contributed by atoms with E-state index in [1.165, 1.54) is 28.4 Å². The molecule has 1 N–H and O–H groups in total. The minimum Gasteiger partial charge on any atom is -0.375 e. The molecule has 1 aromatic heterocycles. The Labute approximate surface area is 133 Å². The van der Waals surface area contributed by atoms with Crippen molar-refractivity contribution in [2.75, 3.05) is 5.32 Å². The fraction of sp³-hybridized carbons (Fsp3) is 0.250. The molecule has 0 radical (unpaired) electrons. The van der Waals surface area contributed by atoms with Gasteiger partial charge in [0.2, 0.25) is 0 Å². The van der Waals surface area contributed by atoms with E-state index in [9.17, 15) is 0 Å². The van der Waals surface area contributed by atoms with Gasteiger partial charge in [0.25, 0.3) is 0 Å². The predicted octanol–water partition coefficient (Wildman–Crippen LogP) is 5.13. The van der Waals surface area contributed by atoms with Crippen LogP contribution in [0.5, 0.6) is 0 Å². The SMILES string of the molecule is Cc1ccc(C)c(C(C)Nc2c(Cl)ccc3nsnc23)c1. The molecule has 0 aliphatic heterocycles. The van der Waals surface area contributed by atoms with Crippen LogP contribution in [0, 0.1) is 13.8 Å². The topological polar surface area (TPSA) is 37.8 Å². The third kappa shape index (κ3) is 2.74. The summed E-state index contributed by atoms with van der Waals surface area (Å²) >= 11 is 7.54. The van der Waals surface area contributed by atoms with Crippen LogP contribution in [0.4, 0.5) is 5.69 Å². The fourth-order valence-electron chi connectivity index (χ4n) is 2.48. The number of halogens is 1. The molecule has 3 nitrogen and oxygen atoms in total. The second-order valence-electron chi connectivity index (χ2n) is 5.28. The molecule has 0 fully saturated rings. The molecule has 3 rings (SSSR count). The Hall–Kier alpha value is -1.65. The number of hydrogen-bond donors (Lipinski definition) is 1. The quantitative estimate of drug-likeness (QED) is 0.727. The van der Waals surface area contributed by atoms with Crippen molar-refractivity contribution in [2.24, 2.45) is 0 Å². The Balaban J connectivity index is 2.00. The molecule has 1 heterocycles. The third-order valence-corrected chi connectivity index (χ3v) is 4.50. The Morgan fingerprint density at radius 3 is 2.76 bits per heavy atom. The monoisotopic (exact) mass is 317 g/mol. The lowest BCUT2D eigenvalue weighted by atomic mass is 10.00. The number of nitrogens with one attached hydrogen (secondary N) is 1. The number of benzene rings is 2.